The van der Waals surface area contributed by atoms with Crippen LogP contribution in [0, 0.1) is 5.92 Å². The monoisotopic (exact) mass is 896 g/mol. The molecule has 5 heterocycles. The van der Waals surface area contributed by atoms with Crippen molar-refractivity contribution in [2.45, 2.75) is 94.8 Å². The summed E-state index contributed by atoms with van der Waals surface area (Å²) in [5.74, 6) is -7.71. The number of likely N-dealkylation sites (tertiary alicyclic amines) is 1. The molecule has 3 aliphatic heterocycles. The predicted molar refractivity (Wildman–Crippen MR) is 231 cm³/mol. The van der Waals surface area contributed by atoms with Gasteiger partial charge in [-0.1, -0.05) is 50.2 Å². The van der Waals surface area contributed by atoms with Crippen molar-refractivity contribution >= 4 is 75.0 Å². The van der Waals surface area contributed by atoms with Gasteiger partial charge >= 0.3 is 5.97 Å². The molecule has 2 bridgehead atoms. The summed E-state index contributed by atoms with van der Waals surface area (Å²) in [6.07, 6.45) is 2.32. The molecule has 65 heavy (non-hydrogen) atoms. The van der Waals surface area contributed by atoms with E-state index in [1.54, 1.807) is 44.3 Å². The van der Waals surface area contributed by atoms with Crippen molar-refractivity contribution in [3.8, 4) is 0 Å². The Bertz CT molecular complexity index is 2530. The number of aliphatic carboxylic acids is 1. The molecule has 8 amide bonds. The molecule has 0 radical (unpaired) electrons. The number of aromatic nitrogens is 2. The molecule has 0 saturated carbocycles. The van der Waals surface area contributed by atoms with Gasteiger partial charge in [-0.05, 0) is 48.4 Å². The number of para-hydroxylation sites is 2. The molecule has 4 aromatic rings. The number of aromatic amines is 1. The lowest BCUT2D eigenvalue weighted by atomic mass is 10.0. The number of nitrogens with one attached hydrogen (secondary N) is 8. The molecule has 2 saturated heterocycles. The zero-order valence-corrected chi connectivity index (χ0v) is 35.7. The smallest absolute Gasteiger partial charge is 0.326 e. The number of carboxylic acid groups (broad SMARTS) is 1. The van der Waals surface area contributed by atoms with Crippen LogP contribution in [0.25, 0.3) is 21.8 Å². The van der Waals surface area contributed by atoms with Crippen molar-refractivity contribution in [1.82, 2.24) is 51.7 Å². The minimum atomic E-state index is -1.66. The third-order valence-corrected chi connectivity index (χ3v) is 12.0. The average molecular weight is 897 g/mol. The van der Waals surface area contributed by atoms with E-state index in [4.69, 9.17) is 0 Å². The lowest BCUT2D eigenvalue weighted by Gasteiger charge is -2.30. The fraction of sp³-hybridized carbons (Fsp3) is 0.432. The van der Waals surface area contributed by atoms with Crippen molar-refractivity contribution in [2.75, 3.05) is 19.7 Å². The summed E-state index contributed by atoms with van der Waals surface area (Å²) in [4.78, 5) is 126. The topological polar surface area (TPSA) is 302 Å². The summed E-state index contributed by atoms with van der Waals surface area (Å²) in [7, 11) is 0. The van der Waals surface area contributed by atoms with Crippen LogP contribution in [0.1, 0.15) is 56.8 Å². The second-order valence-corrected chi connectivity index (χ2v) is 16.8. The highest BCUT2D eigenvalue weighted by Gasteiger charge is 2.41. The molecule has 2 fully saturated rings. The molecule has 7 rings (SSSR count). The largest absolute Gasteiger partial charge is 0.480 e. The van der Waals surface area contributed by atoms with Gasteiger partial charge in [0, 0.05) is 54.5 Å². The Kier molecular flexibility index (Phi) is 13.8. The second-order valence-electron chi connectivity index (χ2n) is 16.8. The van der Waals surface area contributed by atoms with E-state index in [0.29, 0.717) is 34.9 Å². The number of fused-ring (bicyclic) bond motifs is 6. The number of hydrogen-bond donors (Lipinski definition) is 10. The number of nitrogens with zero attached hydrogens (tertiary/aromatic N) is 2. The van der Waals surface area contributed by atoms with Gasteiger partial charge in [-0.25, -0.2) is 4.79 Å². The number of hydrogen-bond acceptors (Lipinski definition) is 10. The van der Waals surface area contributed by atoms with Crippen molar-refractivity contribution in [3.63, 3.8) is 0 Å². The standard InChI is InChI=1S/C44H52N10O11/c1-22(2)36-41(61)46-19-35(57)48-31(21-55)39(59)50-30(44(64)65)17-24-20-54(32-11-6-4-9-26(24)32)37(42(62)51-36)52-38(58)29(16-23-18-45-27-10-5-3-8-25(23)27)49-40(60)33-12-7-15-53(33)43(63)28-13-14-34(56)47-28/h3-6,8-11,18,20,22,28-31,33,36-37,45,55H,7,12-17,19,21H2,1-2H3,(H,46,61)(H,47,56)(H,48,57)(H,49,60)(H,50,59)(H,51,62)(H,52,58)(H,64,65)/t28-,29-,30-,31-,33-,36-,37?/m0/s1. The van der Waals surface area contributed by atoms with Gasteiger partial charge in [0.05, 0.1) is 18.7 Å². The van der Waals surface area contributed by atoms with E-state index in [1.807, 2.05) is 24.3 Å². The number of carbonyl (C=O) groups excluding carboxylic acids is 8. The number of carbonyl (C=O) groups is 9. The first-order valence-corrected chi connectivity index (χ1v) is 21.5. The van der Waals surface area contributed by atoms with Crippen molar-refractivity contribution in [1.29, 1.82) is 0 Å². The minimum absolute atomic E-state index is 0.0825. The Morgan fingerprint density at radius 3 is 2.29 bits per heavy atom. The maximum atomic E-state index is 14.9. The van der Waals surface area contributed by atoms with Gasteiger partial charge < -0.3 is 61.9 Å². The summed E-state index contributed by atoms with van der Waals surface area (Å²) < 4.78 is 1.39. The third kappa shape index (κ3) is 10.1. The summed E-state index contributed by atoms with van der Waals surface area (Å²) in [6, 6.07) is 6.40. The number of rotatable bonds is 10. The average Bonchev–Trinajstić information content (AvgIpc) is 4.11. The molecule has 10 N–H and O–H groups in total. The lowest BCUT2D eigenvalue weighted by Crippen LogP contribution is -2.58. The van der Waals surface area contributed by atoms with Crippen LogP contribution in [0.4, 0.5) is 0 Å². The van der Waals surface area contributed by atoms with E-state index in [0.717, 1.165) is 10.9 Å². The number of carboxylic acids is 1. The second kappa shape index (κ2) is 19.6. The van der Waals surface area contributed by atoms with Crippen LogP contribution >= 0.6 is 0 Å². The van der Waals surface area contributed by atoms with Gasteiger partial charge in [0.15, 0.2) is 6.17 Å². The number of amides is 8. The van der Waals surface area contributed by atoms with E-state index in [9.17, 15) is 53.4 Å². The SMILES string of the molecule is CC(C)[C@@H]1NC(=O)C(NC(=O)[C@H](Cc2c[nH]c3ccccc23)NC(=O)[C@@H]2CCCN2C(=O)[C@@H]2CCC(=O)N2)n2cc(c3ccccc32)C[C@@H](C(=O)O)NC(=O)[C@H](CO)NC(=O)CNC1=O. The number of aliphatic hydroxyl groups is 1. The van der Waals surface area contributed by atoms with E-state index < -0.39 is 109 Å². The number of H-pyrrole nitrogens is 1. The normalized spacial score (nSPS) is 23.8. The molecular weight excluding hydrogens is 845 g/mol. The molecule has 0 spiro atoms. The van der Waals surface area contributed by atoms with Crippen LogP contribution in [0.15, 0.2) is 60.9 Å². The first kappa shape index (κ1) is 45.7. The van der Waals surface area contributed by atoms with E-state index >= 15 is 0 Å². The van der Waals surface area contributed by atoms with Gasteiger partial charge in [0.2, 0.25) is 41.4 Å². The molecule has 2 aromatic heterocycles. The van der Waals surface area contributed by atoms with E-state index in [-0.39, 0.29) is 38.1 Å². The Balaban J connectivity index is 1.27. The molecule has 21 nitrogen and oxygen atoms in total. The van der Waals surface area contributed by atoms with Crippen LogP contribution < -0.4 is 37.2 Å². The summed E-state index contributed by atoms with van der Waals surface area (Å²) >= 11 is 0. The highest BCUT2D eigenvalue weighted by molar-refractivity contribution is 5.99. The van der Waals surface area contributed by atoms with Gasteiger partial charge in [-0.2, -0.15) is 0 Å². The summed E-state index contributed by atoms with van der Waals surface area (Å²) in [5, 5.41) is 39.4. The molecule has 344 valence electrons. The fourth-order valence-corrected chi connectivity index (χ4v) is 8.63. The van der Waals surface area contributed by atoms with Crippen LogP contribution in [0.2, 0.25) is 0 Å². The molecule has 3 aliphatic rings. The van der Waals surface area contributed by atoms with Crippen molar-refractivity contribution < 1.29 is 53.4 Å². The van der Waals surface area contributed by atoms with Gasteiger partial charge in [0.1, 0.15) is 36.3 Å². The lowest BCUT2D eigenvalue weighted by molar-refractivity contribution is -0.142. The first-order valence-electron chi connectivity index (χ1n) is 21.5. The van der Waals surface area contributed by atoms with Crippen LogP contribution in [0.5, 0.6) is 0 Å². The Labute approximate surface area is 371 Å². The maximum Gasteiger partial charge on any atom is 0.326 e. The van der Waals surface area contributed by atoms with Crippen LogP contribution in [-0.2, 0) is 56.0 Å². The molecule has 2 aromatic carbocycles. The van der Waals surface area contributed by atoms with Gasteiger partial charge in [0.25, 0.3) is 5.91 Å². The molecule has 0 aliphatic carbocycles. The van der Waals surface area contributed by atoms with Crippen LogP contribution in [0.3, 0.4) is 0 Å². The van der Waals surface area contributed by atoms with Gasteiger partial charge in [-0.3, -0.25) is 38.4 Å². The minimum Gasteiger partial charge on any atom is -0.480 e. The quantitative estimate of drug-likeness (QED) is 0.0883. The summed E-state index contributed by atoms with van der Waals surface area (Å²) in [5.41, 5.74) is 2.07. The third-order valence-electron chi connectivity index (χ3n) is 12.0. The van der Waals surface area contributed by atoms with Gasteiger partial charge in [-0.15, -0.1) is 0 Å². The Morgan fingerprint density at radius 1 is 0.846 bits per heavy atom. The Morgan fingerprint density at radius 2 is 1.58 bits per heavy atom. The fourth-order valence-electron chi connectivity index (χ4n) is 8.63. The van der Waals surface area contributed by atoms with E-state index in [1.165, 1.54) is 15.7 Å². The highest BCUT2D eigenvalue weighted by Crippen LogP contribution is 2.27. The zero-order chi connectivity index (χ0) is 46.5. The maximum absolute atomic E-state index is 14.9. The van der Waals surface area contributed by atoms with E-state index in [2.05, 4.69) is 42.2 Å². The molecule has 7 atom stereocenters. The van der Waals surface area contributed by atoms with Crippen LogP contribution in [-0.4, -0.2) is 134 Å². The molecule has 21 heteroatoms. The van der Waals surface area contributed by atoms with Crippen molar-refractivity contribution in [2.24, 2.45) is 5.92 Å². The molecule has 1 unspecified atom stereocenters. The number of aliphatic hydroxyl groups excluding tert-OH is 1. The first-order chi connectivity index (χ1) is 31.1. The highest BCUT2D eigenvalue weighted by atomic mass is 16.4. The molecular formula is C44H52N10O11. The Hall–Kier alpha value is -7.29. The summed E-state index contributed by atoms with van der Waals surface area (Å²) in [6.45, 7) is 1.99. The van der Waals surface area contributed by atoms with Crippen molar-refractivity contribution in [3.05, 3.63) is 72.1 Å². The zero-order valence-electron chi connectivity index (χ0n) is 35.7. The number of benzene rings is 2. The predicted octanol–water partition coefficient (Wildman–Crippen LogP) is -1.41.